The van der Waals surface area contributed by atoms with Crippen LogP contribution >= 0.6 is 0 Å². The fourth-order valence-corrected chi connectivity index (χ4v) is 1.55. The van der Waals surface area contributed by atoms with E-state index in [4.69, 9.17) is 9.16 Å². The molecule has 2 nitrogen and oxygen atoms in total. The molecule has 0 fully saturated rings. The van der Waals surface area contributed by atoms with Crippen molar-refractivity contribution < 1.29 is 9.16 Å². The highest BCUT2D eigenvalue weighted by Gasteiger charge is 2.18. The maximum absolute atomic E-state index is 5.77. The molecule has 0 amide bonds. The van der Waals surface area contributed by atoms with Gasteiger partial charge < -0.3 is 9.16 Å². The molecule has 0 aromatic rings. The van der Waals surface area contributed by atoms with E-state index in [0.717, 1.165) is 6.42 Å². The summed E-state index contributed by atoms with van der Waals surface area (Å²) < 4.78 is 11.3. The van der Waals surface area contributed by atoms with E-state index in [1.54, 1.807) is 0 Å². The topological polar surface area (TPSA) is 18.5 Å². The average molecular weight is 202 g/mol. The smallest absolute Gasteiger partial charge is 0.261 e. The lowest BCUT2D eigenvalue weighted by Gasteiger charge is -2.23. The fourth-order valence-electron chi connectivity index (χ4n) is 0.815. The van der Waals surface area contributed by atoms with Gasteiger partial charge in [-0.3, -0.25) is 0 Å². The standard InChI is InChI=1S/C10H22O2Si/c1-7-8-10(11-9(2)3)12-13(4,5)6/h8-9H,7H2,1-6H3. The third kappa shape index (κ3) is 7.90. The van der Waals surface area contributed by atoms with Crippen molar-refractivity contribution >= 4 is 8.32 Å². The van der Waals surface area contributed by atoms with Crippen LogP contribution in [0.4, 0.5) is 0 Å². The van der Waals surface area contributed by atoms with Crippen LogP contribution in [0.15, 0.2) is 12.0 Å². The third-order valence-electron chi connectivity index (χ3n) is 1.13. The molecule has 0 radical (unpaired) electrons. The van der Waals surface area contributed by atoms with Crippen LogP contribution in [-0.2, 0) is 9.16 Å². The van der Waals surface area contributed by atoms with Gasteiger partial charge in [0.25, 0.3) is 5.95 Å². The van der Waals surface area contributed by atoms with Gasteiger partial charge in [-0.1, -0.05) is 6.92 Å². The number of hydrogen-bond acceptors (Lipinski definition) is 2. The summed E-state index contributed by atoms with van der Waals surface area (Å²) in [6.07, 6.45) is 3.14. The van der Waals surface area contributed by atoms with Gasteiger partial charge in [0.1, 0.15) is 0 Å². The summed E-state index contributed by atoms with van der Waals surface area (Å²) in [7, 11) is -1.52. The van der Waals surface area contributed by atoms with Gasteiger partial charge in [-0.15, -0.1) is 0 Å². The summed E-state index contributed by atoms with van der Waals surface area (Å²) in [4.78, 5) is 0. The molecule has 0 saturated heterocycles. The number of hydrogen-bond donors (Lipinski definition) is 0. The number of rotatable bonds is 5. The van der Waals surface area contributed by atoms with E-state index in [0.29, 0.717) is 5.95 Å². The molecule has 0 aliphatic rings. The molecular formula is C10H22O2Si. The summed E-state index contributed by atoms with van der Waals surface area (Å²) in [5.74, 6) is 0.705. The maximum atomic E-state index is 5.77. The lowest BCUT2D eigenvalue weighted by molar-refractivity contribution is 0.0591. The molecule has 0 rings (SSSR count). The Bertz CT molecular complexity index is 168. The second-order valence-corrected chi connectivity index (χ2v) is 8.74. The zero-order valence-corrected chi connectivity index (χ0v) is 10.7. The Labute approximate surface area is 83.1 Å². The Kier molecular flexibility index (Phi) is 5.14. The van der Waals surface area contributed by atoms with Crippen LogP contribution in [0.1, 0.15) is 27.2 Å². The van der Waals surface area contributed by atoms with E-state index >= 15 is 0 Å². The maximum Gasteiger partial charge on any atom is 0.261 e. The fraction of sp³-hybridized carbons (Fsp3) is 0.800. The minimum atomic E-state index is -1.52. The van der Waals surface area contributed by atoms with Crippen LogP contribution in [0.2, 0.25) is 19.6 Å². The predicted octanol–water partition coefficient (Wildman–Crippen LogP) is 3.51. The Morgan fingerprint density at radius 2 is 1.85 bits per heavy atom. The van der Waals surface area contributed by atoms with Crippen molar-refractivity contribution in [3.8, 4) is 0 Å². The molecular weight excluding hydrogens is 180 g/mol. The largest absolute Gasteiger partial charge is 0.520 e. The van der Waals surface area contributed by atoms with Crippen molar-refractivity contribution in [3.63, 3.8) is 0 Å². The van der Waals surface area contributed by atoms with E-state index in [-0.39, 0.29) is 6.10 Å². The SMILES string of the molecule is CCC=C(OC(C)C)O[Si](C)(C)C. The van der Waals surface area contributed by atoms with E-state index in [2.05, 4.69) is 26.6 Å². The molecule has 0 bridgehead atoms. The number of allylic oxidation sites excluding steroid dienone is 1. The number of ether oxygens (including phenoxy) is 1. The van der Waals surface area contributed by atoms with Crippen LogP contribution in [0.25, 0.3) is 0 Å². The monoisotopic (exact) mass is 202 g/mol. The lowest BCUT2D eigenvalue weighted by atomic mass is 10.4. The summed E-state index contributed by atoms with van der Waals surface area (Å²) >= 11 is 0. The highest BCUT2D eigenvalue weighted by molar-refractivity contribution is 6.69. The van der Waals surface area contributed by atoms with E-state index < -0.39 is 8.32 Å². The predicted molar refractivity (Wildman–Crippen MR) is 59.0 cm³/mol. The Hall–Kier alpha value is -0.443. The van der Waals surface area contributed by atoms with Crippen molar-refractivity contribution in [2.24, 2.45) is 0 Å². The Morgan fingerprint density at radius 3 is 2.15 bits per heavy atom. The van der Waals surface area contributed by atoms with E-state index in [1.807, 2.05) is 19.9 Å². The van der Waals surface area contributed by atoms with Crippen molar-refractivity contribution in [1.29, 1.82) is 0 Å². The average Bonchev–Trinajstić information content (AvgIpc) is 1.81. The lowest BCUT2D eigenvalue weighted by Crippen LogP contribution is -2.26. The zero-order chi connectivity index (χ0) is 10.5. The summed E-state index contributed by atoms with van der Waals surface area (Å²) in [5.41, 5.74) is 0. The first-order valence-corrected chi connectivity index (χ1v) is 8.32. The van der Waals surface area contributed by atoms with Crippen molar-refractivity contribution in [1.82, 2.24) is 0 Å². The molecule has 0 saturated carbocycles. The van der Waals surface area contributed by atoms with Gasteiger partial charge in [-0.25, -0.2) is 0 Å². The molecule has 0 heterocycles. The van der Waals surface area contributed by atoms with Crippen LogP contribution in [0.3, 0.4) is 0 Å². The minimum absolute atomic E-state index is 0.189. The molecule has 3 heteroatoms. The molecule has 0 aliphatic carbocycles. The van der Waals surface area contributed by atoms with Crippen LogP contribution in [0, 0.1) is 0 Å². The van der Waals surface area contributed by atoms with Gasteiger partial charge in [0.05, 0.1) is 6.10 Å². The third-order valence-corrected chi connectivity index (χ3v) is 1.94. The van der Waals surface area contributed by atoms with Gasteiger partial charge >= 0.3 is 0 Å². The molecule has 0 aromatic carbocycles. The highest BCUT2D eigenvalue weighted by atomic mass is 28.4. The zero-order valence-electron chi connectivity index (χ0n) is 9.68. The van der Waals surface area contributed by atoms with Gasteiger partial charge in [0.2, 0.25) is 8.32 Å². The second-order valence-electron chi connectivity index (χ2n) is 4.31. The molecule has 0 atom stereocenters. The van der Waals surface area contributed by atoms with Gasteiger partial charge in [0.15, 0.2) is 0 Å². The van der Waals surface area contributed by atoms with Gasteiger partial charge in [0, 0.05) is 0 Å². The minimum Gasteiger partial charge on any atom is -0.520 e. The van der Waals surface area contributed by atoms with E-state index in [1.165, 1.54) is 0 Å². The molecule has 13 heavy (non-hydrogen) atoms. The molecule has 0 aliphatic heterocycles. The molecule has 0 unspecified atom stereocenters. The van der Waals surface area contributed by atoms with Crippen LogP contribution < -0.4 is 0 Å². The van der Waals surface area contributed by atoms with E-state index in [9.17, 15) is 0 Å². The normalized spacial score (nSPS) is 13.3. The van der Waals surface area contributed by atoms with Crippen molar-refractivity contribution in [2.75, 3.05) is 0 Å². The first-order valence-electron chi connectivity index (χ1n) is 4.91. The Balaban J connectivity index is 4.19. The Morgan fingerprint density at radius 1 is 1.31 bits per heavy atom. The van der Waals surface area contributed by atoms with Crippen molar-refractivity contribution in [3.05, 3.63) is 12.0 Å². The second kappa shape index (κ2) is 5.32. The summed E-state index contributed by atoms with van der Waals surface area (Å²) in [6.45, 7) is 12.6. The summed E-state index contributed by atoms with van der Waals surface area (Å²) in [5, 5.41) is 0. The van der Waals surface area contributed by atoms with Gasteiger partial charge in [-0.05, 0) is 46.0 Å². The van der Waals surface area contributed by atoms with Crippen LogP contribution in [-0.4, -0.2) is 14.4 Å². The quantitative estimate of drug-likeness (QED) is 0.502. The first kappa shape index (κ1) is 12.6. The summed E-state index contributed by atoms with van der Waals surface area (Å²) in [6, 6.07) is 0. The van der Waals surface area contributed by atoms with Crippen molar-refractivity contribution in [2.45, 2.75) is 52.9 Å². The molecule has 0 N–H and O–H groups in total. The van der Waals surface area contributed by atoms with Gasteiger partial charge in [-0.2, -0.15) is 0 Å². The molecule has 78 valence electrons. The molecule has 0 spiro atoms. The highest BCUT2D eigenvalue weighted by Crippen LogP contribution is 2.13. The molecule has 0 aromatic heterocycles. The van der Waals surface area contributed by atoms with Crippen LogP contribution in [0.5, 0.6) is 0 Å². The first-order chi connectivity index (χ1) is 5.85.